The molecule has 0 radical (unpaired) electrons. The van der Waals surface area contributed by atoms with Gasteiger partial charge in [-0.1, -0.05) is 18.2 Å². The fourth-order valence-electron chi connectivity index (χ4n) is 1.22. The zero-order chi connectivity index (χ0) is 9.26. The third-order valence-corrected chi connectivity index (χ3v) is 2.04. The molecule has 1 saturated heterocycles. The van der Waals surface area contributed by atoms with E-state index in [2.05, 4.69) is 0 Å². The molecule has 1 aliphatic heterocycles. The highest BCUT2D eigenvalue weighted by Gasteiger charge is 2.38. The molecular formula is C10H8N2O. The number of rotatable bonds is 1. The molecule has 1 aromatic rings. The van der Waals surface area contributed by atoms with Crippen LogP contribution in [-0.2, 0) is 0 Å². The van der Waals surface area contributed by atoms with Gasteiger partial charge in [0.15, 0.2) is 0 Å². The summed E-state index contributed by atoms with van der Waals surface area (Å²) in [5.41, 5.74) is 0.653. The van der Waals surface area contributed by atoms with E-state index in [0.717, 1.165) is 0 Å². The lowest BCUT2D eigenvalue weighted by atomic mass is 10.2. The van der Waals surface area contributed by atoms with Crippen molar-refractivity contribution in [2.45, 2.75) is 6.04 Å². The van der Waals surface area contributed by atoms with Crippen LogP contribution in [0.4, 0.5) is 0 Å². The summed E-state index contributed by atoms with van der Waals surface area (Å²) in [7, 11) is 0. The summed E-state index contributed by atoms with van der Waals surface area (Å²) in [5, 5.41) is 8.53. The third-order valence-electron chi connectivity index (χ3n) is 2.04. The summed E-state index contributed by atoms with van der Waals surface area (Å²) in [4.78, 5) is 13.1. The molecule has 1 aromatic carbocycles. The average Bonchev–Trinajstić information content (AvgIpc) is 2.97. The van der Waals surface area contributed by atoms with Gasteiger partial charge in [-0.15, -0.1) is 0 Å². The van der Waals surface area contributed by atoms with Crippen LogP contribution < -0.4 is 0 Å². The highest BCUT2D eigenvalue weighted by molar-refractivity contribution is 5.96. The minimum atomic E-state index is -0.201. The fraction of sp³-hybridized carbons (Fsp3) is 0.200. The lowest BCUT2D eigenvalue weighted by Crippen LogP contribution is -2.12. The highest BCUT2D eigenvalue weighted by Crippen LogP contribution is 2.19. The van der Waals surface area contributed by atoms with Gasteiger partial charge in [0.2, 0.25) is 0 Å². The maximum absolute atomic E-state index is 11.6. The van der Waals surface area contributed by atoms with E-state index in [4.69, 9.17) is 5.26 Å². The first-order valence-electron chi connectivity index (χ1n) is 4.08. The molecule has 1 heterocycles. The quantitative estimate of drug-likeness (QED) is 0.594. The van der Waals surface area contributed by atoms with Crippen molar-refractivity contribution in [3.05, 3.63) is 35.9 Å². The van der Waals surface area contributed by atoms with Gasteiger partial charge < -0.3 is 4.90 Å². The molecule has 0 unspecified atom stereocenters. The van der Waals surface area contributed by atoms with Crippen LogP contribution in [0.3, 0.4) is 0 Å². The Hall–Kier alpha value is -1.82. The van der Waals surface area contributed by atoms with Crippen molar-refractivity contribution in [3.8, 4) is 6.07 Å². The molecule has 1 fully saturated rings. The average molecular weight is 172 g/mol. The summed E-state index contributed by atoms with van der Waals surface area (Å²) in [6.45, 7) is 0.574. The molecule has 0 aliphatic carbocycles. The number of amides is 1. The zero-order valence-electron chi connectivity index (χ0n) is 6.97. The van der Waals surface area contributed by atoms with E-state index < -0.39 is 0 Å². The summed E-state index contributed by atoms with van der Waals surface area (Å²) in [6, 6.07) is 10.9. The van der Waals surface area contributed by atoms with Gasteiger partial charge in [-0.3, -0.25) is 4.79 Å². The predicted octanol–water partition coefficient (Wildman–Crippen LogP) is 1.03. The molecular weight excluding hydrogens is 164 g/mol. The number of benzene rings is 1. The van der Waals surface area contributed by atoms with E-state index >= 15 is 0 Å². The largest absolute Gasteiger partial charge is 0.318 e. The van der Waals surface area contributed by atoms with Crippen molar-refractivity contribution in [2.24, 2.45) is 0 Å². The zero-order valence-corrected chi connectivity index (χ0v) is 6.97. The Kier molecular flexibility index (Phi) is 1.75. The van der Waals surface area contributed by atoms with Crippen LogP contribution in [0.15, 0.2) is 30.3 Å². The Morgan fingerprint density at radius 3 is 2.69 bits per heavy atom. The van der Waals surface area contributed by atoms with Crippen molar-refractivity contribution < 1.29 is 4.79 Å². The molecule has 0 N–H and O–H groups in total. The van der Waals surface area contributed by atoms with Gasteiger partial charge >= 0.3 is 0 Å². The molecule has 0 aromatic heterocycles. The predicted molar refractivity (Wildman–Crippen MR) is 46.9 cm³/mol. The second kappa shape index (κ2) is 2.91. The lowest BCUT2D eigenvalue weighted by Gasteiger charge is -2.00. The normalized spacial score (nSPS) is 19.3. The van der Waals surface area contributed by atoms with Crippen LogP contribution >= 0.6 is 0 Å². The monoisotopic (exact) mass is 172 g/mol. The van der Waals surface area contributed by atoms with Crippen molar-refractivity contribution in [1.29, 1.82) is 5.26 Å². The van der Waals surface area contributed by atoms with E-state index in [1.165, 1.54) is 0 Å². The molecule has 0 spiro atoms. The Bertz CT molecular complexity index is 366. The maximum atomic E-state index is 11.6. The molecule has 1 amide bonds. The molecule has 64 valence electrons. The Morgan fingerprint density at radius 2 is 2.15 bits per heavy atom. The van der Waals surface area contributed by atoms with Crippen molar-refractivity contribution in [3.63, 3.8) is 0 Å². The summed E-state index contributed by atoms with van der Waals surface area (Å²) in [6.07, 6.45) is 0. The topological polar surface area (TPSA) is 43.9 Å². The van der Waals surface area contributed by atoms with Crippen molar-refractivity contribution >= 4 is 5.91 Å². The third kappa shape index (κ3) is 1.38. The van der Waals surface area contributed by atoms with E-state index in [-0.39, 0.29) is 11.9 Å². The van der Waals surface area contributed by atoms with Gasteiger partial charge in [0, 0.05) is 5.56 Å². The second-order valence-corrected chi connectivity index (χ2v) is 2.97. The van der Waals surface area contributed by atoms with E-state index in [9.17, 15) is 4.79 Å². The Labute approximate surface area is 76.2 Å². The van der Waals surface area contributed by atoms with Crippen LogP contribution in [-0.4, -0.2) is 23.4 Å². The Morgan fingerprint density at radius 1 is 1.46 bits per heavy atom. The highest BCUT2D eigenvalue weighted by atomic mass is 16.2. The van der Waals surface area contributed by atoms with Crippen LogP contribution in [0.5, 0.6) is 0 Å². The lowest BCUT2D eigenvalue weighted by molar-refractivity contribution is 0.0879. The van der Waals surface area contributed by atoms with Crippen LogP contribution in [0.1, 0.15) is 10.4 Å². The molecule has 0 saturated carbocycles. The first-order chi connectivity index (χ1) is 6.33. The van der Waals surface area contributed by atoms with Crippen molar-refractivity contribution in [2.75, 3.05) is 6.54 Å². The minimum absolute atomic E-state index is 0.0489. The Balaban J connectivity index is 2.13. The molecule has 3 heteroatoms. The number of carbonyl (C=O) groups is 1. The first-order valence-corrected chi connectivity index (χ1v) is 4.08. The molecule has 13 heavy (non-hydrogen) atoms. The summed E-state index contributed by atoms with van der Waals surface area (Å²) >= 11 is 0. The van der Waals surface area contributed by atoms with Gasteiger partial charge in [0.25, 0.3) is 5.91 Å². The van der Waals surface area contributed by atoms with Crippen LogP contribution in [0.25, 0.3) is 0 Å². The van der Waals surface area contributed by atoms with E-state index in [1.807, 2.05) is 24.3 Å². The van der Waals surface area contributed by atoms with Gasteiger partial charge in [-0.2, -0.15) is 5.26 Å². The van der Waals surface area contributed by atoms with Crippen LogP contribution in [0, 0.1) is 11.3 Å². The molecule has 0 bridgehead atoms. The van der Waals surface area contributed by atoms with Gasteiger partial charge in [0.05, 0.1) is 12.6 Å². The van der Waals surface area contributed by atoms with E-state index in [1.54, 1.807) is 17.0 Å². The standard InChI is InChI=1S/C10H8N2O/c11-6-9-7-12(9)10(13)8-4-2-1-3-5-8/h1-5,9H,7H2/t9-,12?/m0/s1. The minimum Gasteiger partial charge on any atom is -0.318 e. The summed E-state index contributed by atoms with van der Waals surface area (Å²) < 4.78 is 0. The number of hydrogen-bond donors (Lipinski definition) is 0. The molecule has 2 rings (SSSR count). The molecule has 1 aliphatic rings. The number of nitrogens with zero attached hydrogens (tertiary/aromatic N) is 2. The molecule has 1 atom stereocenters. The smallest absolute Gasteiger partial charge is 0.255 e. The van der Waals surface area contributed by atoms with Crippen LogP contribution in [0.2, 0.25) is 0 Å². The fourth-order valence-corrected chi connectivity index (χ4v) is 1.22. The number of hydrogen-bond acceptors (Lipinski definition) is 2. The number of carbonyl (C=O) groups excluding carboxylic acids is 1. The first kappa shape index (κ1) is 7.81. The SMILES string of the molecule is N#C[C@H]1CN1C(=O)c1ccccc1. The van der Waals surface area contributed by atoms with Gasteiger partial charge in [0.1, 0.15) is 6.04 Å². The summed E-state index contributed by atoms with van der Waals surface area (Å²) in [5.74, 6) is -0.0489. The van der Waals surface area contributed by atoms with Crippen molar-refractivity contribution in [1.82, 2.24) is 4.90 Å². The number of nitriles is 1. The second-order valence-electron chi connectivity index (χ2n) is 2.97. The molecule has 3 nitrogen and oxygen atoms in total. The van der Waals surface area contributed by atoms with Gasteiger partial charge in [-0.05, 0) is 12.1 Å². The van der Waals surface area contributed by atoms with Gasteiger partial charge in [-0.25, -0.2) is 0 Å². The maximum Gasteiger partial charge on any atom is 0.255 e. The van der Waals surface area contributed by atoms with E-state index in [0.29, 0.717) is 12.1 Å².